The smallest absolute Gasteiger partial charge is 0.312 e. The van der Waals surface area contributed by atoms with Crippen molar-refractivity contribution in [1.82, 2.24) is 0 Å². The third-order valence-electron chi connectivity index (χ3n) is 5.59. The first-order valence-corrected chi connectivity index (χ1v) is 9.67. The van der Waals surface area contributed by atoms with Gasteiger partial charge in [0, 0.05) is 7.11 Å². The fourth-order valence-electron chi connectivity index (χ4n) is 3.64. The number of hydrogen-bond acceptors (Lipinski definition) is 5. The first kappa shape index (κ1) is 22.9. The molecular weight excluding hydrogens is 332 g/mol. The van der Waals surface area contributed by atoms with E-state index in [1.807, 2.05) is 6.92 Å². The molecule has 0 heterocycles. The van der Waals surface area contributed by atoms with E-state index in [1.165, 1.54) is 7.11 Å². The monoisotopic (exact) mass is 370 g/mol. The molecule has 1 fully saturated rings. The van der Waals surface area contributed by atoms with Gasteiger partial charge in [0.05, 0.1) is 11.3 Å². The second-order valence-corrected chi connectivity index (χ2v) is 10.1. The topological polar surface area (TPSA) is 61.8 Å². The van der Waals surface area contributed by atoms with Gasteiger partial charge in [0.15, 0.2) is 6.79 Å². The number of carbonyl (C=O) groups excluding carboxylic acids is 2. The molecule has 0 aromatic rings. The Labute approximate surface area is 159 Å². The summed E-state index contributed by atoms with van der Waals surface area (Å²) < 4.78 is 15.7. The van der Waals surface area contributed by atoms with Crippen molar-refractivity contribution in [2.24, 2.45) is 22.2 Å². The number of methoxy groups -OCH3 is 1. The van der Waals surface area contributed by atoms with E-state index in [4.69, 9.17) is 14.2 Å². The van der Waals surface area contributed by atoms with Gasteiger partial charge in [0.1, 0.15) is 6.10 Å². The second kappa shape index (κ2) is 8.73. The molecule has 0 aromatic heterocycles. The number of carbonyl (C=O) groups is 2. The zero-order valence-corrected chi connectivity index (χ0v) is 17.9. The maximum absolute atomic E-state index is 13.1. The van der Waals surface area contributed by atoms with Crippen LogP contribution < -0.4 is 0 Å². The molecule has 0 aromatic carbocycles. The van der Waals surface area contributed by atoms with Gasteiger partial charge in [-0.25, -0.2) is 0 Å². The van der Waals surface area contributed by atoms with E-state index in [0.717, 1.165) is 6.42 Å². The summed E-state index contributed by atoms with van der Waals surface area (Å²) in [4.78, 5) is 25.0. The van der Waals surface area contributed by atoms with Crippen LogP contribution in [0.25, 0.3) is 0 Å². The highest BCUT2D eigenvalue weighted by Gasteiger charge is 2.48. The summed E-state index contributed by atoms with van der Waals surface area (Å²) >= 11 is 0. The number of rotatable bonds is 6. The first-order valence-electron chi connectivity index (χ1n) is 9.67. The van der Waals surface area contributed by atoms with Crippen molar-refractivity contribution in [3.05, 3.63) is 0 Å². The molecule has 1 atom stereocenters. The van der Waals surface area contributed by atoms with Gasteiger partial charge < -0.3 is 14.2 Å². The van der Waals surface area contributed by atoms with Gasteiger partial charge in [-0.2, -0.15) is 0 Å². The third-order valence-corrected chi connectivity index (χ3v) is 5.59. The molecule has 0 amide bonds. The Kier molecular flexibility index (Phi) is 7.70. The average Bonchev–Trinajstić information content (AvgIpc) is 2.50. The molecule has 0 bridgehead atoms. The van der Waals surface area contributed by atoms with Gasteiger partial charge >= 0.3 is 11.9 Å². The zero-order chi connectivity index (χ0) is 20.2. The summed E-state index contributed by atoms with van der Waals surface area (Å²) in [6.07, 6.45) is 3.43. The van der Waals surface area contributed by atoms with Gasteiger partial charge in [-0.05, 0) is 49.9 Å². The molecule has 0 saturated heterocycles. The van der Waals surface area contributed by atoms with E-state index in [9.17, 15) is 9.59 Å². The minimum absolute atomic E-state index is 0.00944. The number of ether oxygens (including phenoxy) is 3. The van der Waals surface area contributed by atoms with E-state index in [2.05, 4.69) is 41.5 Å². The second-order valence-electron chi connectivity index (χ2n) is 10.1. The van der Waals surface area contributed by atoms with E-state index < -0.39 is 5.41 Å². The van der Waals surface area contributed by atoms with E-state index in [-0.39, 0.29) is 41.6 Å². The Bertz CT molecular complexity index is 478. The van der Waals surface area contributed by atoms with Gasteiger partial charge in [-0.3, -0.25) is 9.59 Å². The van der Waals surface area contributed by atoms with Crippen LogP contribution in [0.4, 0.5) is 0 Å². The summed E-state index contributed by atoms with van der Waals surface area (Å²) in [6, 6.07) is 0. The molecular formula is C21H38O5. The average molecular weight is 371 g/mol. The summed E-state index contributed by atoms with van der Waals surface area (Å²) in [5, 5.41) is 0. The molecule has 5 nitrogen and oxygen atoms in total. The van der Waals surface area contributed by atoms with Crippen LogP contribution in [0.1, 0.15) is 80.6 Å². The fourth-order valence-corrected chi connectivity index (χ4v) is 3.64. The third kappa shape index (κ3) is 6.26. The summed E-state index contributed by atoms with van der Waals surface area (Å²) in [5.74, 6) is -0.460. The van der Waals surface area contributed by atoms with Gasteiger partial charge in [-0.1, -0.05) is 41.5 Å². The van der Waals surface area contributed by atoms with Crippen molar-refractivity contribution in [3.8, 4) is 0 Å². The minimum atomic E-state index is -0.556. The van der Waals surface area contributed by atoms with Crippen LogP contribution in [0, 0.1) is 22.2 Å². The van der Waals surface area contributed by atoms with E-state index >= 15 is 0 Å². The Morgan fingerprint density at radius 2 is 1.46 bits per heavy atom. The number of esters is 2. The molecule has 0 aliphatic heterocycles. The van der Waals surface area contributed by atoms with Crippen molar-refractivity contribution in [3.63, 3.8) is 0 Å². The summed E-state index contributed by atoms with van der Waals surface area (Å²) in [6.45, 7) is 14.8. The van der Waals surface area contributed by atoms with Crippen molar-refractivity contribution >= 4 is 11.9 Å². The van der Waals surface area contributed by atoms with E-state index in [1.54, 1.807) is 0 Å². The maximum atomic E-state index is 13.1. The lowest BCUT2D eigenvalue weighted by Crippen LogP contribution is -2.45. The zero-order valence-electron chi connectivity index (χ0n) is 17.9. The minimum Gasteiger partial charge on any atom is -0.462 e. The molecule has 1 aliphatic rings. The van der Waals surface area contributed by atoms with Crippen LogP contribution in [-0.2, 0) is 23.8 Å². The summed E-state index contributed by atoms with van der Waals surface area (Å²) in [7, 11) is 1.49. The lowest BCUT2D eigenvalue weighted by atomic mass is 9.61. The van der Waals surface area contributed by atoms with Crippen LogP contribution in [0.2, 0.25) is 0 Å². The predicted molar refractivity (Wildman–Crippen MR) is 101 cm³/mol. The maximum Gasteiger partial charge on any atom is 0.312 e. The van der Waals surface area contributed by atoms with Crippen LogP contribution in [0.5, 0.6) is 0 Å². The highest BCUT2D eigenvalue weighted by molar-refractivity contribution is 5.77. The molecule has 0 N–H and O–H groups in total. The standard InChI is InChI=1S/C21H38O5/c1-19(2,3)13-21(7,20(4,5)6)18(23)26-16-11-9-15(10-12-16)17(22)25-14-24-8/h15-16H,9-14H2,1-8H3. The molecule has 1 unspecified atom stereocenters. The van der Waals surface area contributed by atoms with Gasteiger partial charge in [0.2, 0.25) is 0 Å². The van der Waals surface area contributed by atoms with Crippen molar-refractivity contribution < 1.29 is 23.8 Å². The van der Waals surface area contributed by atoms with Crippen LogP contribution in [0.15, 0.2) is 0 Å². The number of hydrogen-bond donors (Lipinski definition) is 0. The van der Waals surface area contributed by atoms with Crippen molar-refractivity contribution in [2.75, 3.05) is 13.9 Å². The predicted octanol–water partition coefficient (Wildman–Crippen LogP) is 4.72. The van der Waals surface area contributed by atoms with Gasteiger partial charge in [0.25, 0.3) is 0 Å². The summed E-state index contributed by atoms with van der Waals surface area (Å²) in [5.41, 5.74) is -0.720. The van der Waals surface area contributed by atoms with Crippen LogP contribution in [-0.4, -0.2) is 31.9 Å². The Balaban J connectivity index is 2.68. The molecule has 26 heavy (non-hydrogen) atoms. The van der Waals surface area contributed by atoms with Crippen molar-refractivity contribution in [2.45, 2.75) is 86.7 Å². The SMILES string of the molecule is COCOC(=O)C1CCC(OC(=O)C(C)(CC(C)(C)C)C(C)(C)C)CC1. The Hall–Kier alpha value is -1.10. The van der Waals surface area contributed by atoms with E-state index in [0.29, 0.717) is 25.7 Å². The highest BCUT2D eigenvalue weighted by Crippen LogP contribution is 2.48. The normalized spacial score (nSPS) is 23.8. The molecule has 1 saturated carbocycles. The Morgan fingerprint density at radius 1 is 0.923 bits per heavy atom. The van der Waals surface area contributed by atoms with Crippen LogP contribution >= 0.6 is 0 Å². The fraction of sp³-hybridized carbons (Fsp3) is 0.905. The molecule has 0 radical (unpaired) electrons. The van der Waals surface area contributed by atoms with Crippen molar-refractivity contribution in [1.29, 1.82) is 0 Å². The molecule has 0 spiro atoms. The molecule has 1 aliphatic carbocycles. The van der Waals surface area contributed by atoms with Crippen LogP contribution in [0.3, 0.4) is 0 Å². The highest BCUT2D eigenvalue weighted by atomic mass is 16.7. The lowest BCUT2D eigenvalue weighted by Gasteiger charge is -2.44. The molecule has 152 valence electrons. The molecule has 1 rings (SSSR count). The first-order chi connectivity index (χ1) is 11.8. The molecule has 5 heteroatoms. The lowest BCUT2D eigenvalue weighted by molar-refractivity contribution is -0.173. The van der Waals surface area contributed by atoms with Gasteiger partial charge in [-0.15, -0.1) is 0 Å². The quantitative estimate of drug-likeness (QED) is 0.500. The Morgan fingerprint density at radius 3 is 1.88 bits per heavy atom. The largest absolute Gasteiger partial charge is 0.462 e.